The van der Waals surface area contributed by atoms with E-state index in [2.05, 4.69) is 5.32 Å². The van der Waals surface area contributed by atoms with Crippen LogP contribution in [0.2, 0.25) is 0 Å². The number of hydrogen-bond acceptors (Lipinski definition) is 3. The number of anilines is 1. The van der Waals surface area contributed by atoms with E-state index < -0.39 is 6.04 Å². The van der Waals surface area contributed by atoms with Crippen molar-refractivity contribution in [3.63, 3.8) is 0 Å². The van der Waals surface area contributed by atoms with Gasteiger partial charge in [0.15, 0.2) is 0 Å². The summed E-state index contributed by atoms with van der Waals surface area (Å²) in [4.78, 5) is 12.1. The van der Waals surface area contributed by atoms with E-state index in [0.29, 0.717) is 18.0 Å². The first kappa shape index (κ1) is 15.5. The van der Waals surface area contributed by atoms with Crippen LogP contribution in [-0.4, -0.2) is 18.6 Å². The molecule has 0 radical (unpaired) electrons. The fourth-order valence-electron chi connectivity index (χ4n) is 1.61. The van der Waals surface area contributed by atoms with Crippen LogP contribution in [0.1, 0.15) is 33.3 Å². The smallest absolute Gasteiger partial charge is 0.241 e. The molecule has 4 nitrogen and oxygen atoms in total. The molecule has 0 spiro atoms. The molecule has 4 heteroatoms. The topological polar surface area (TPSA) is 64.3 Å². The van der Waals surface area contributed by atoms with E-state index >= 15 is 0 Å². The fourth-order valence-corrected chi connectivity index (χ4v) is 1.61. The van der Waals surface area contributed by atoms with Gasteiger partial charge < -0.3 is 15.8 Å². The van der Waals surface area contributed by atoms with Gasteiger partial charge in [0.25, 0.3) is 0 Å². The van der Waals surface area contributed by atoms with Crippen molar-refractivity contribution in [1.82, 2.24) is 0 Å². The number of nitrogens with two attached hydrogens (primary N) is 1. The number of carbonyl (C=O) groups is 1. The number of rotatable bonds is 4. The average molecular weight is 264 g/mol. The van der Waals surface area contributed by atoms with Crippen LogP contribution in [0.15, 0.2) is 18.2 Å². The predicted octanol–water partition coefficient (Wildman–Crippen LogP) is 2.71. The molecule has 0 aromatic heterocycles. The van der Waals surface area contributed by atoms with E-state index in [4.69, 9.17) is 10.5 Å². The van der Waals surface area contributed by atoms with Crippen molar-refractivity contribution in [2.75, 3.05) is 11.9 Å². The number of aryl methyl sites for hydroxylation is 1. The summed E-state index contributed by atoms with van der Waals surface area (Å²) in [7, 11) is 0. The molecule has 0 fully saturated rings. The highest BCUT2D eigenvalue weighted by Crippen LogP contribution is 2.27. The standard InChI is InChI=1S/C15H24N2O2/c1-6-19-12-9-10(2)7-8-11(12)17-14(18)13(16)15(3,4)5/h7-9,13H,6,16H2,1-5H3,(H,17,18)/t13-/m0/s1. The first-order valence-electron chi connectivity index (χ1n) is 6.55. The largest absolute Gasteiger partial charge is 0.492 e. The van der Waals surface area contributed by atoms with Gasteiger partial charge in [-0.25, -0.2) is 0 Å². The maximum absolute atomic E-state index is 12.1. The maximum atomic E-state index is 12.1. The lowest BCUT2D eigenvalue weighted by molar-refractivity contribution is -0.119. The van der Waals surface area contributed by atoms with Gasteiger partial charge in [-0.15, -0.1) is 0 Å². The molecule has 1 aromatic carbocycles. The van der Waals surface area contributed by atoms with Crippen LogP contribution in [0.3, 0.4) is 0 Å². The lowest BCUT2D eigenvalue weighted by Crippen LogP contribution is -2.45. The minimum absolute atomic E-state index is 0.197. The lowest BCUT2D eigenvalue weighted by Gasteiger charge is -2.26. The molecule has 0 saturated carbocycles. The minimum atomic E-state index is -0.566. The maximum Gasteiger partial charge on any atom is 0.241 e. The van der Waals surface area contributed by atoms with E-state index in [9.17, 15) is 4.79 Å². The summed E-state index contributed by atoms with van der Waals surface area (Å²) < 4.78 is 5.53. The van der Waals surface area contributed by atoms with Gasteiger partial charge in [0.2, 0.25) is 5.91 Å². The third kappa shape index (κ3) is 4.24. The first-order chi connectivity index (χ1) is 8.75. The molecule has 0 aliphatic heterocycles. The number of benzene rings is 1. The summed E-state index contributed by atoms with van der Waals surface area (Å²) in [6.07, 6.45) is 0. The molecule has 0 aliphatic carbocycles. The summed E-state index contributed by atoms with van der Waals surface area (Å²) >= 11 is 0. The molecule has 1 amide bonds. The number of hydrogen-bond donors (Lipinski definition) is 2. The Labute approximate surface area is 115 Å². The van der Waals surface area contributed by atoms with Crippen molar-refractivity contribution < 1.29 is 9.53 Å². The lowest BCUT2D eigenvalue weighted by atomic mass is 9.87. The molecule has 1 atom stereocenters. The molecule has 1 rings (SSSR count). The molecule has 19 heavy (non-hydrogen) atoms. The van der Waals surface area contributed by atoms with Gasteiger partial charge in [-0.1, -0.05) is 26.8 Å². The molecule has 0 aliphatic rings. The highest BCUT2D eigenvalue weighted by molar-refractivity contribution is 5.96. The summed E-state index contributed by atoms with van der Waals surface area (Å²) in [5.41, 5.74) is 7.41. The zero-order valence-corrected chi connectivity index (χ0v) is 12.4. The van der Waals surface area contributed by atoms with E-state index in [1.807, 2.05) is 52.8 Å². The molecule has 3 N–H and O–H groups in total. The van der Waals surface area contributed by atoms with Crippen LogP contribution >= 0.6 is 0 Å². The van der Waals surface area contributed by atoms with E-state index in [-0.39, 0.29) is 11.3 Å². The van der Waals surface area contributed by atoms with Crippen molar-refractivity contribution in [3.05, 3.63) is 23.8 Å². The molecule has 106 valence electrons. The van der Waals surface area contributed by atoms with Gasteiger partial charge in [0.05, 0.1) is 18.3 Å². The molecule has 0 bridgehead atoms. The molecule has 0 unspecified atom stereocenters. The predicted molar refractivity (Wildman–Crippen MR) is 78.4 cm³/mol. The summed E-state index contributed by atoms with van der Waals surface area (Å²) in [6, 6.07) is 5.11. The van der Waals surface area contributed by atoms with Crippen LogP contribution in [0.25, 0.3) is 0 Å². The fraction of sp³-hybridized carbons (Fsp3) is 0.533. The zero-order chi connectivity index (χ0) is 14.6. The minimum Gasteiger partial charge on any atom is -0.492 e. The van der Waals surface area contributed by atoms with Gasteiger partial charge in [-0.3, -0.25) is 4.79 Å². The van der Waals surface area contributed by atoms with Gasteiger partial charge in [-0.2, -0.15) is 0 Å². The second-order valence-corrected chi connectivity index (χ2v) is 5.77. The SMILES string of the molecule is CCOc1cc(C)ccc1NC(=O)[C@H](N)C(C)(C)C. The van der Waals surface area contributed by atoms with Crippen LogP contribution in [0.5, 0.6) is 5.75 Å². The molecule has 0 heterocycles. The van der Waals surface area contributed by atoms with Crippen LogP contribution < -0.4 is 15.8 Å². The highest BCUT2D eigenvalue weighted by Gasteiger charge is 2.27. The monoisotopic (exact) mass is 264 g/mol. The summed E-state index contributed by atoms with van der Waals surface area (Å²) in [6.45, 7) is 10.3. The second kappa shape index (κ2) is 6.06. The Kier molecular flexibility index (Phi) is 4.95. The van der Waals surface area contributed by atoms with Gasteiger partial charge in [0.1, 0.15) is 5.75 Å². The van der Waals surface area contributed by atoms with Gasteiger partial charge in [0, 0.05) is 0 Å². The second-order valence-electron chi connectivity index (χ2n) is 5.77. The van der Waals surface area contributed by atoms with E-state index in [1.165, 1.54) is 0 Å². The molecular formula is C15H24N2O2. The Bertz CT molecular complexity index is 450. The molecule has 0 saturated heterocycles. The van der Waals surface area contributed by atoms with Crippen LogP contribution in [0, 0.1) is 12.3 Å². The molecular weight excluding hydrogens is 240 g/mol. The Balaban J connectivity index is 2.90. The van der Waals surface area contributed by atoms with Crippen molar-refractivity contribution in [3.8, 4) is 5.75 Å². The van der Waals surface area contributed by atoms with Gasteiger partial charge in [-0.05, 0) is 37.0 Å². The van der Waals surface area contributed by atoms with Crippen molar-refractivity contribution >= 4 is 11.6 Å². The van der Waals surface area contributed by atoms with E-state index in [0.717, 1.165) is 5.56 Å². The number of nitrogens with one attached hydrogen (secondary N) is 1. The summed E-state index contributed by atoms with van der Waals surface area (Å²) in [5, 5.41) is 2.84. The number of ether oxygens (including phenoxy) is 1. The number of amides is 1. The Hall–Kier alpha value is -1.55. The Morgan fingerprint density at radius 3 is 2.58 bits per heavy atom. The normalized spacial score (nSPS) is 12.9. The molecule has 1 aromatic rings. The quantitative estimate of drug-likeness (QED) is 0.878. The number of carbonyl (C=O) groups excluding carboxylic acids is 1. The van der Waals surface area contributed by atoms with Crippen molar-refractivity contribution in [2.45, 2.75) is 40.7 Å². The first-order valence-corrected chi connectivity index (χ1v) is 6.55. The van der Waals surface area contributed by atoms with Gasteiger partial charge >= 0.3 is 0 Å². The van der Waals surface area contributed by atoms with E-state index in [1.54, 1.807) is 0 Å². The van der Waals surface area contributed by atoms with Crippen molar-refractivity contribution in [2.24, 2.45) is 11.1 Å². The Morgan fingerprint density at radius 2 is 2.05 bits per heavy atom. The zero-order valence-electron chi connectivity index (χ0n) is 12.4. The van der Waals surface area contributed by atoms with Crippen molar-refractivity contribution in [1.29, 1.82) is 0 Å². The highest BCUT2D eigenvalue weighted by atomic mass is 16.5. The Morgan fingerprint density at radius 1 is 1.42 bits per heavy atom. The average Bonchev–Trinajstić information content (AvgIpc) is 2.30. The summed E-state index contributed by atoms with van der Waals surface area (Å²) in [5.74, 6) is 0.481. The van der Waals surface area contributed by atoms with Crippen LogP contribution in [0.4, 0.5) is 5.69 Å². The third-order valence-corrected chi connectivity index (χ3v) is 2.91. The third-order valence-electron chi connectivity index (χ3n) is 2.91. The van der Waals surface area contributed by atoms with Crippen LogP contribution in [-0.2, 0) is 4.79 Å².